The van der Waals surface area contributed by atoms with E-state index in [0.29, 0.717) is 0 Å². The van der Waals surface area contributed by atoms with Crippen LogP contribution in [0.15, 0.2) is 24.3 Å². The Hall–Kier alpha value is 0.0600. The van der Waals surface area contributed by atoms with Crippen LogP contribution in [0.4, 0.5) is 0 Å². The van der Waals surface area contributed by atoms with Gasteiger partial charge in [0.05, 0.1) is 0 Å². The van der Waals surface area contributed by atoms with Gasteiger partial charge in [0.25, 0.3) is 0 Å². The molecular weight excluding hydrogens is 275 g/mol. The number of benzene rings is 1. The maximum absolute atomic E-state index is 10.4. The first-order chi connectivity index (χ1) is 5.18. The third-order valence-electron chi connectivity index (χ3n) is 1.21. The van der Waals surface area contributed by atoms with Gasteiger partial charge in [0.15, 0.2) is 5.75 Å². The highest BCUT2D eigenvalue weighted by Crippen LogP contribution is 2.08. The minimum absolute atomic E-state index is 0.256. The van der Waals surface area contributed by atoms with Crippen molar-refractivity contribution in [3.05, 3.63) is 33.4 Å². The van der Waals surface area contributed by atoms with Gasteiger partial charge in [-0.3, -0.25) is 0 Å². The minimum atomic E-state index is -2.04. The fourth-order valence-electron chi connectivity index (χ4n) is 0.792. The average molecular weight is 283 g/mol. The monoisotopic (exact) mass is 283 g/mol. The summed E-state index contributed by atoms with van der Waals surface area (Å²) in [6.07, 6.45) is 0. The molecule has 0 bridgehead atoms. The van der Waals surface area contributed by atoms with Gasteiger partial charge < -0.3 is 0 Å². The van der Waals surface area contributed by atoms with Crippen LogP contribution in [0.2, 0.25) is 0 Å². The lowest BCUT2D eigenvalue weighted by Crippen LogP contribution is -1.91. The molecule has 0 spiro atoms. The van der Waals surface area contributed by atoms with E-state index in [1.165, 1.54) is 0 Å². The molecule has 0 heterocycles. The smallest absolute Gasteiger partial charge is 0.189 e. The Kier molecular flexibility index (Phi) is 3.47. The first-order valence-corrected chi connectivity index (χ1v) is 5.54. The molecule has 0 aliphatic heterocycles. The molecule has 1 aromatic rings. The number of halogens is 1. The van der Waals surface area contributed by atoms with Crippen LogP contribution in [-0.4, -0.2) is 4.55 Å². The first kappa shape index (κ1) is 9.15. The van der Waals surface area contributed by atoms with Crippen LogP contribution in [0.3, 0.4) is 0 Å². The molecule has 0 aliphatic carbocycles. The highest BCUT2D eigenvalue weighted by atomic mass is 127. The zero-order valence-electron chi connectivity index (χ0n) is 5.70. The summed E-state index contributed by atoms with van der Waals surface area (Å²) in [7, 11) is 0. The fourth-order valence-corrected chi connectivity index (χ4v) is 1.91. The summed E-state index contributed by atoms with van der Waals surface area (Å²) < 4.78 is 20.1. The van der Waals surface area contributed by atoms with Crippen molar-refractivity contribution in [1.82, 2.24) is 0 Å². The summed E-state index contributed by atoms with van der Waals surface area (Å²) in [6, 6.07) is 7.60. The Morgan fingerprint density at radius 2 is 2.27 bits per heavy atom. The van der Waals surface area contributed by atoms with Gasteiger partial charge in [0.2, 0.25) is 11.1 Å². The zero-order chi connectivity index (χ0) is 8.27. The summed E-state index contributed by atoms with van der Waals surface area (Å²) in [5, 5.41) is 0. The van der Waals surface area contributed by atoms with Gasteiger partial charge in [0, 0.05) is 9.13 Å². The Morgan fingerprint density at radius 3 is 2.82 bits per heavy atom. The lowest BCUT2D eigenvalue weighted by Gasteiger charge is -1.93. The molecule has 0 amide bonds. The van der Waals surface area contributed by atoms with Crippen molar-refractivity contribution in [3.63, 3.8) is 0 Å². The van der Waals surface area contributed by atoms with E-state index in [0.717, 1.165) is 9.13 Å². The Morgan fingerprint density at radius 1 is 1.55 bits per heavy atom. The molecule has 4 heteroatoms. The van der Waals surface area contributed by atoms with Gasteiger partial charge in [-0.1, -0.05) is 16.3 Å². The van der Waals surface area contributed by atoms with E-state index < -0.39 is 11.1 Å². The molecule has 1 rings (SSSR count). The van der Waals surface area contributed by atoms with Gasteiger partial charge in [-0.15, -0.1) is 0 Å². The van der Waals surface area contributed by atoms with Crippen LogP contribution < -0.4 is 0 Å². The SMILES string of the molecule is O=[SH+](O)Cc1cccc(I)c1. The molecule has 1 N–H and O–H groups in total. The van der Waals surface area contributed by atoms with Crippen molar-refractivity contribution in [2.45, 2.75) is 5.75 Å². The van der Waals surface area contributed by atoms with E-state index in [2.05, 4.69) is 22.6 Å². The van der Waals surface area contributed by atoms with Gasteiger partial charge in [0.1, 0.15) is 0 Å². The molecule has 0 saturated carbocycles. The quantitative estimate of drug-likeness (QED) is 0.512. The summed E-state index contributed by atoms with van der Waals surface area (Å²) in [5.74, 6) is 0.256. The normalized spacial score (nSPS) is 12.9. The number of thiol groups is 1. The fraction of sp³-hybridized carbons (Fsp3) is 0.143. The second-order valence-electron chi connectivity index (χ2n) is 2.14. The second kappa shape index (κ2) is 4.18. The van der Waals surface area contributed by atoms with Crippen LogP contribution in [0.25, 0.3) is 0 Å². The highest BCUT2D eigenvalue weighted by Gasteiger charge is 2.01. The van der Waals surface area contributed by atoms with E-state index in [9.17, 15) is 4.21 Å². The second-order valence-corrected chi connectivity index (χ2v) is 4.41. The average Bonchev–Trinajstić information content (AvgIpc) is 1.85. The minimum Gasteiger partial charge on any atom is -0.189 e. The van der Waals surface area contributed by atoms with Crippen LogP contribution in [-0.2, 0) is 21.0 Å². The molecule has 1 unspecified atom stereocenters. The number of hydrogen-bond acceptors (Lipinski definition) is 1. The molecule has 0 aromatic heterocycles. The molecule has 0 fully saturated rings. The third-order valence-corrected chi connectivity index (χ3v) is 2.51. The Bertz CT molecular complexity index is 275. The first-order valence-electron chi connectivity index (χ1n) is 3.06. The molecule has 11 heavy (non-hydrogen) atoms. The summed E-state index contributed by atoms with van der Waals surface area (Å²) >= 11 is 0.133. The van der Waals surface area contributed by atoms with Gasteiger partial charge >= 0.3 is 0 Å². The summed E-state index contributed by atoms with van der Waals surface area (Å²) in [4.78, 5) is 0. The van der Waals surface area contributed by atoms with Crippen molar-refractivity contribution in [3.8, 4) is 0 Å². The predicted molar refractivity (Wildman–Crippen MR) is 54.9 cm³/mol. The molecule has 60 valence electrons. The standard InChI is InChI=1S/C7H7IO2S/c8-7-3-1-2-6(4-7)5-11(9)10/h1-4H,5H2,(H,9,10)/p+1. The zero-order valence-corrected chi connectivity index (χ0v) is 8.75. The molecule has 1 aromatic carbocycles. The van der Waals surface area contributed by atoms with E-state index in [-0.39, 0.29) is 5.75 Å². The van der Waals surface area contributed by atoms with Crippen molar-refractivity contribution >= 4 is 33.7 Å². The summed E-state index contributed by atoms with van der Waals surface area (Å²) in [5.41, 5.74) is 0.917. The molecule has 0 saturated heterocycles. The van der Waals surface area contributed by atoms with E-state index in [1.807, 2.05) is 24.3 Å². The maximum atomic E-state index is 10.4. The molecule has 0 aliphatic rings. The Labute approximate surface area is 81.4 Å². The van der Waals surface area contributed by atoms with Crippen molar-refractivity contribution < 1.29 is 8.76 Å². The van der Waals surface area contributed by atoms with Crippen molar-refractivity contribution in [2.24, 2.45) is 0 Å². The largest absolute Gasteiger partial charge is 0.206 e. The molecular formula is C7H8IO2S+. The molecule has 2 nitrogen and oxygen atoms in total. The molecule has 1 atom stereocenters. The van der Waals surface area contributed by atoms with Gasteiger partial charge in [-0.2, -0.15) is 4.55 Å². The Balaban J connectivity index is 2.79. The van der Waals surface area contributed by atoms with E-state index >= 15 is 0 Å². The van der Waals surface area contributed by atoms with E-state index in [1.54, 1.807) is 0 Å². The van der Waals surface area contributed by atoms with Crippen molar-refractivity contribution in [1.29, 1.82) is 0 Å². The topological polar surface area (TPSA) is 37.3 Å². The van der Waals surface area contributed by atoms with E-state index in [4.69, 9.17) is 4.55 Å². The van der Waals surface area contributed by atoms with Crippen LogP contribution in [0.1, 0.15) is 5.56 Å². The van der Waals surface area contributed by atoms with Gasteiger partial charge in [-0.25, -0.2) is 0 Å². The van der Waals surface area contributed by atoms with Crippen LogP contribution in [0, 0.1) is 3.57 Å². The van der Waals surface area contributed by atoms with Crippen LogP contribution >= 0.6 is 22.6 Å². The predicted octanol–water partition coefficient (Wildman–Crippen LogP) is 1.96. The molecule has 0 radical (unpaired) electrons. The number of rotatable bonds is 2. The number of hydrogen-bond donors (Lipinski definition) is 1. The third kappa shape index (κ3) is 3.31. The highest BCUT2D eigenvalue weighted by molar-refractivity contribution is 14.1. The summed E-state index contributed by atoms with van der Waals surface area (Å²) in [6.45, 7) is 0. The van der Waals surface area contributed by atoms with Crippen molar-refractivity contribution in [2.75, 3.05) is 0 Å². The lowest BCUT2D eigenvalue weighted by molar-refractivity contribution is 0.518. The maximum Gasteiger partial charge on any atom is 0.206 e. The van der Waals surface area contributed by atoms with Crippen LogP contribution in [0.5, 0.6) is 0 Å². The van der Waals surface area contributed by atoms with Gasteiger partial charge in [-0.05, 0) is 34.7 Å². The lowest BCUT2D eigenvalue weighted by atomic mass is 10.2.